The molecular formula is C10H15BFNO. The molecule has 0 aromatic rings. The van der Waals surface area contributed by atoms with Crippen molar-refractivity contribution in [1.82, 2.24) is 0 Å². The van der Waals surface area contributed by atoms with E-state index in [1.807, 2.05) is 0 Å². The van der Waals surface area contributed by atoms with Gasteiger partial charge in [-0.2, -0.15) is 0 Å². The number of rotatable bonds is 7. The van der Waals surface area contributed by atoms with Crippen molar-refractivity contribution < 1.29 is 9.04 Å². The normalized spacial score (nSPS) is 11.7. The molecule has 0 heterocycles. The van der Waals surface area contributed by atoms with E-state index < -0.39 is 0 Å². The van der Waals surface area contributed by atoms with Crippen molar-refractivity contribution in [3.05, 3.63) is 49.2 Å². The van der Waals surface area contributed by atoms with Crippen LogP contribution < -0.4 is 5.73 Å². The Hall–Kier alpha value is -1.13. The van der Waals surface area contributed by atoms with Gasteiger partial charge in [0.05, 0.1) is 0 Å². The zero-order chi connectivity index (χ0) is 10.8. The first-order chi connectivity index (χ1) is 6.74. The third kappa shape index (κ3) is 6.40. The van der Waals surface area contributed by atoms with Gasteiger partial charge in [0.25, 0.3) is 0 Å². The van der Waals surface area contributed by atoms with Gasteiger partial charge >= 0.3 is 6.92 Å². The van der Waals surface area contributed by atoms with Crippen LogP contribution in [0, 0.1) is 0 Å². The molecule has 2 nitrogen and oxygen atoms in total. The van der Waals surface area contributed by atoms with E-state index in [1.165, 1.54) is 6.08 Å². The first-order valence-electron chi connectivity index (χ1n) is 4.35. The predicted octanol–water partition coefficient (Wildman–Crippen LogP) is 1.81. The predicted molar refractivity (Wildman–Crippen MR) is 59.5 cm³/mol. The molecule has 0 aliphatic carbocycles. The molecule has 0 radical (unpaired) electrons. The zero-order valence-electron chi connectivity index (χ0n) is 8.16. The molecule has 0 aromatic carbocycles. The highest BCUT2D eigenvalue weighted by Gasteiger charge is 2.03. The third-order valence-corrected chi connectivity index (χ3v) is 1.41. The van der Waals surface area contributed by atoms with Gasteiger partial charge < -0.3 is 10.4 Å². The van der Waals surface area contributed by atoms with Gasteiger partial charge in [0.15, 0.2) is 0 Å². The lowest BCUT2D eigenvalue weighted by Gasteiger charge is -2.03. The molecule has 0 bridgehead atoms. The highest BCUT2D eigenvalue weighted by Crippen LogP contribution is 1.97. The second-order valence-corrected chi connectivity index (χ2v) is 2.50. The van der Waals surface area contributed by atoms with Crippen molar-refractivity contribution in [3.8, 4) is 0 Å². The fourth-order valence-electron chi connectivity index (χ4n) is 0.731. The summed E-state index contributed by atoms with van der Waals surface area (Å²) in [5.74, 6) is 2.92. The third-order valence-electron chi connectivity index (χ3n) is 1.41. The largest absolute Gasteiger partial charge is 0.426 e. The van der Waals surface area contributed by atoms with Gasteiger partial charge in [0.1, 0.15) is 5.83 Å². The van der Waals surface area contributed by atoms with Crippen LogP contribution in [-0.2, 0) is 4.65 Å². The molecule has 2 N–H and O–H groups in total. The summed E-state index contributed by atoms with van der Waals surface area (Å²) < 4.78 is 17.8. The Bertz CT molecular complexity index is 238. The topological polar surface area (TPSA) is 35.2 Å². The summed E-state index contributed by atoms with van der Waals surface area (Å²) >= 11 is 0. The molecule has 0 saturated carbocycles. The van der Waals surface area contributed by atoms with E-state index in [4.69, 9.17) is 10.4 Å². The van der Waals surface area contributed by atoms with Crippen molar-refractivity contribution in [1.29, 1.82) is 0 Å². The molecule has 0 saturated heterocycles. The maximum absolute atomic E-state index is 12.5. The Kier molecular flexibility index (Phi) is 7.79. The molecule has 0 amide bonds. The van der Waals surface area contributed by atoms with E-state index in [0.29, 0.717) is 13.2 Å². The molecule has 0 aliphatic heterocycles. The summed E-state index contributed by atoms with van der Waals surface area (Å²) in [6.45, 7) is 7.54. The monoisotopic (exact) mass is 195 g/mol. The van der Waals surface area contributed by atoms with Crippen LogP contribution in [0.15, 0.2) is 49.2 Å². The Balaban J connectivity index is 4.03. The molecule has 76 valence electrons. The molecule has 4 heteroatoms. The van der Waals surface area contributed by atoms with Crippen molar-refractivity contribution in [2.45, 2.75) is 0 Å². The molecule has 0 unspecified atom stereocenters. The van der Waals surface area contributed by atoms with Crippen molar-refractivity contribution >= 4 is 6.92 Å². The average molecular weight is 195 g/mol. The Morgan fingerprint density at radius 1 is 1.50 bits per heavy atom. The zero-order valence-corrected chi connectivity index (χ0v) is 8.16. The van der Waals surface area contributed by atoms with Gasteiger partial charge in [-0.05, 0) is 12.2 Å². The van der Waals surface area contributed by atoms with E-state index in [2.05, 4.69) is 13.2 Å². The van der Waals surface area contributed by atoms with Gasteiger partial charge in [0, 0.05) is 13.2 Å². The standard InChI is InChI=1S/C10H15BFNO/c1-3-10(12)6-5-7-11(4-2)14-9-8-13/h3-7H,1-2,8-9,13H2/b7-5+,10-6+. The van der Waals surface area contributed by atoms with E-state index in [1.54, 1.807) is 18.0 Å². The molecule has 0 aromatic heterocycles. The van der Waals surface area contributed by atoms with Gasteiger partial charge in [-0.25, -0.2) is 4.39 Å². The van der Waals surface area contributed by atoms with Crippen LogP contribution in [0.2, 0.25) is 0 Å². The Morgan fingerprint density at radius 3 is 2.71 bits per heavy atom. The van der Waals surface area contributed by atoms with Gasteiger partial charge in [-0.15, -0.1) is 6.58 Å². The molecule has 0 atom stereocenters. The summed E-state index contributed by atoms with van der Waals surface area (Å²) in [6.07, 6.45) is 3.99. The van der Waals surface area contributed by atoms with Gasteiger partial charge in [-0.3, -0.25) is 0 Å². The van der Waals surface area contributed by atoms with Crippen molar-refractivity contribution in [2.24, 2.45) is 5.73 Å². The van der Waals surface area contributed by atoms with Crippen LogP contribution in [0.5, 0.6) is 0 Å². The lowest BCUT2D eigenvalue weighted by atomic mass is 9.68. The van der Waals surface area contributed by atoms with Crippen LogP contribution >= 0.6 is 0 Å². The second-order valence-electron chi connectivity index (χ2n) is 2.50. The van der Waals surface area contributed by atoms with E-state index in [0.717, 1.165) is 6.08 Å². The van der Waals surface area contributed by atoms with Gasteiger partial charge in [0.2, 0.25) is 0 Å². The Labute approximate surface area is 84.7 Å². The summed E-state index contributed by atoms with van der Waals surface area (Å²) in [5, 5.41) is 0. The highest BCUT2D eigenvalue weighted by atomic mass is 19.1. The number of nitrogens with two attached hydrogens (primary N) is 1. The summed E-state index contributed by atoms with van der Waals surface area (Å²) in [7, 11) is 0. The minimum absolute atomic E-state index is 0.229. The fourth-order valence-corrected chi connectivity index (χ4v) is 0.731. The summed E-state index contributed by atoms with van der Waals surface area (Å²) in [6, 6.07) is 0. The number of hydrogen-bond acceptors (Lipinski definition) is 2. The number of allylic oxidation sites excluding steroid dienone is 4. The minimum atomic E-state index is -0.386. The lowest BCUT2D eigenvalue weighted by molar-refractivity contribution is 0.343. The highest BCUT2D eigenvalue weighted by molar-refractivity contribution is 6.63. The van der Waals surface area contributed by atoms with Crippen LogP contribution in [0.1, 0.15) is 0 Å². The quantitative estimate of drug-likeness (QED) is 0.496. The molecule has 0 aliphatic rings. The van der Waals surface area contributed by atoms with Gasteiger partial charge in [-0.1, -0.05) is 24.6 Å². The second kappa shape index (κ2) is 8.47. The Morgan fingerprint density at radius 2 is 2.21 bits per heavy atom. The summed E-state index contributed by atoms with van der Waals surface area (Å²) in [4.78, 5) is 0. The molecule has 14 heavy (non-hydrogen) atoms. The number of hydrogen-bond donors (Lipinski definition) is 1. The fraction of sp³-hybridized carbons (Fsp3) is 0.200. The first-order valence-corrected chi connectivity index (χ1v) is 4.35. The van der Waals surface area contributed by atoms with E-state index in [-0.39, 0.29) is 12.7 Å². The van der Waals surface area contributed by atoms with Crippen molar-refractivity contribution in [2.75, 3.05) is 13.2 Å². The maximum Gasteiger partial charge on any atom is 0.345 e. The van der Waals surface area contributed by atoms with Crippen LogP contribution in [0.3, 0.4) is 0 Å². The van der Waals surface area contributed by atoms with Crippen LogP contribution in [0.4, 0.5) is 4.39 Å². The molecular weight excluding hydrogens is 180 g/mol. The number of halogens is 1. The van der Waals surface area contributed by atoms with E-state index in [9.17, 15) is 4.39 Å². The lowest BCUT2D eigenvalue weighted by Crippen LogP contribution is -2.18. The minimum Gasteiger partial charge on any atom is -0.426 e. The van der Waals surface area contributed by atoms with Crippen molar-refractivity contribution in [3.63, 3.8) is 0 Å². The molecule has 0 spiro atoms. The first kappa shape index (κ1) is 12.9. The van der Waals surface area contributed by atoms with Crippen LogP contribution in [-0.4, -0.2) is 20.1 Å². The average Bonchev–Trinajstić information content (AvgIpc) is 2.22. The van der Waals surface area contributed by atoms with E-state index >= 15 is 0 Å². The SMILES string of the molecule is C=CB(/C=C/C=C(/F)C=C)OCCN. The molecule has 0 rings (SSSR count). The van der Waals surface area contributed by atoms with Crippen LogP contribution in [0.25, 0.3) is 0 Å². The summed E-state index contributed by atoms with van der Waals surface area (Å²) in [5.41, 5.74) is 5.26. The molecule has 0 fully saturated rings. The maximum atomic E-state index is 12.5. The smallest absolute Gasteiger partial charge is 0.345 e.